The van der Waals surface area contributed by atoms with Crippen molar-refractivity contribution in [3.05, 3.63) is 65.5 Å². The van der Waals surface area contributed by atoms with Gasteiger partial charge in [-0.2, -0.15) is 4.31 Å². The molecule has 0 spiro atoms. The van der Waals surface area contributed by atoms with Crippen LogP contribution in [0.3, 0.4) is 0 Å². The Balaban J connectivity index is 2.39. The molecule has 0 heterocycles. The Hall–Kier alpha value is -2.29. The zero-order chi connectivity index (χ0) is 17.7. The predicted octanol–water partition coefficient (Wildman–Crippen LogP) is 1.31. The van der Waals surface area contributed by atoms with Crippen LogP contribution in [-0.2, 0) is 21.4 Å². The average Bonchev–Trinajstić information content (AvgIpc) is 2.56. The zero-order valence-corrected chi connectivity index (χ0v) is 13.9. The number of benzene rings is 2. The molecule has 0 radical (unpaired) electrons. The number of hydrogen-bond acceptors (Lipinski definition) is 4. The van der Waals surface area contributed by atoms with Gasteiger partial charge in [-0.3, -0.25) is 10.2 Å². The maximum Gasteiger partial charge on any atom is 0.249 e. The van der Waals surface area contributed by atoms with Crippen LogP contribution in [0, 0.1) is 12.7 Å². The average molecular weight is 351 g/mol. The molecule has 2 aromatic rings. The Labute approximate surface area is 140 Å². The van der Waals surface area contributed by atoms with Crippen molar-refractivity contribution in [3.63, 3.8) is 0 Å². The van der Waals surface area contributed by atoms with Gasteiger partial charge >= 0.3 is 0 Å². The standard InChI is InChI=1S/C16H18FN3O3S/c1-12-6-8-14(9-7-12)24(22,23)20(11-16(21)19-18)10-13-4-2-3-5-15(13)17/h2-9H,10-11,18H2,1H3,(H,19,21). The number of hydrogen-bond donors (Lipinski definition) is 2. The van der Waals surface area contributed by atoms with Gasteiger partial charge < -0.3 is 0 Å². The summed E-state index contributed by atoms with van der Waals surface area (Å²) in [7, 11) is -3.99. The number of carbonyl (C=O) groups is 1. The molecule has 24 heavy (non-hydrogen) atoms. The fraction of sp³-hybridized carbons (Fsp3) is 0.188. The Kier molecular flexibility index (Phi) is 5.66. The third-order valence-corrected chi connectivity index (χ3v) is 5.25. The van der Waals surface area contributed by atoms with Gasteiger partial charge in [0.1, 0.15) is 5.82 Å². The predicted molar refractivity (Wildman–Crippen MR) is 87.5 cm³/mol. The summed E-state index contributed by atoms with van der Waals surface area (Å²) in [5, 5.41) is 0. The molecule has 0 atom stereocenters. The summed E-state index contributed by atoms with van der Waals surface area (Å²) < 4.78 is 40.3. The minimum absolute atomic E-state index is 0.0225. The van der Waals surface area contributed by atoms with Crippen molar-refractivity contribution in [1.29, 1.82) is 0 Å². The number of nitrogens with zero attached hydrogens (tertiary/aromatic N) is 1. The smallest absolute Gasteiger partial charge is 0.249 e. The first-order valence-corrected chi connectivity index (χ1v) is 8.58. The Morgan fingerprint density at radius 1 is 1.17 bits per heavy atom. The first kappa shape index (κ1) is 18.1. The Morgan fingerprint density at radius 2 is 1.79 bits per heavy atom. The maximum atomic E-state index is 13.9. The number of rotatable bonds is 6. The van der Waals surface area contributed by atoms with Crippen LogP contribution in [0.15, 0.2) is 53.4 Å². The molecule has 3 N–H and O–H groups in total. The highest BCUT2D eigenvalue weighted by Gasteiger charge is 2.27. The van der Waals surface area contributed by atoms with Crippen molar-refractivity contribution in [2.24, 2.45) is 5.84 Å². The van der Waals surface area contributed by atoms with E-state index in [0.29, 0.717) is 0 Å². The summed E-state index contributed by atoms with van der Waals surface area (Å²) in [4.78, 5) is 11.6. The van der Waals surface area contributed by atoms with Crippen molar-refractivity contribution < 1.29 is 17.6 Å². The van der Waals surface area contributed by atoms with Crippen LogP contribution in [0.25, 0.3) is 0 Å². The first-order valence-electron chi connectivity index (χ1n) is 7.14. The second kappa shape index (κ2) is 7.52. The van der Waals surface area contributed by atoms with Crippen molar-refractivity contribution in [2.45, 2.75) is 18.4 Å². The molecule has 0 bridgehead atoms. The number of sulfonamides is 1. The third-order valence-electron chi connectivity index (χ3n) is 3.44. The monoisotopic (exact) mass is 351 g/mol. The van der Waals surface area contributed by atoms with Gasteiger partial charge in [-0.05, 0) is 25.1 Å². The van der Waals surface area contributed by atoms with Crippen LogP contribution >= 0.6 is 0 Å². The topological polar surface area (TPSA) is 92.5 Å². The van der Waals surface area contributed by atoms with E-state index in [4.69, 9.17) is 5.84 Å². The molecule has 0 aliphatic carbocycles. The van der Waals surface area contributed by atoms with E-state index in [9.17, 15) is 17.6 Å². The molecule has 6 nitrogen and oxygen atoms in total. The summed E-state index contributed by atoms with van der Waals surface area (Å²) in [6.45, 7) is 1.03. The minimum Gasteiger partial charge on any atom is -0.293 e. The second-order valence-electron chi connectivity index (χ2n) is 5.25. The van der Waals surface area contributed by atoms with Crippen LogP contribution < -0.4 is 11.3 Å². The Bertz CT molecular complexity index is 823. The molecule has 8 heteroatoms. The van der Waals surface area contributed by atoms with E-state index in [1.54, 1.807) is 18.2 Å². The van der Waals surface area contributed by atoms with Gasteiger partial charge in [0.05, 0.1) is 11.4 Å². The number of halogens is 1. The molecule has 0 saturated heterocycles. The van der Waals surface area contributed by atoms with Gasteiger partial charge in [0.15, 0.2) is 0 Å². The number of nitrogens with one attached hydrogen (secondary N) is 1. The van der Waals surface area contributed by atoms with Crippen LogP contribution in [0.4, 0.5) is 4.39 Å². The second-order valence-corrected chi connectivity index (χ2v) is 7.18. The van der Waals surface area contributed by atoms with Crippen molar-refractivity contribution in [3.8, 4) is 0 Å². The van der Waals surface area contributed by atoms with E-state index >= 15 is 0 Å². The largest absolute Gasteiger partial charge is 0.293 e. The van der Waals surface area contributed by atoms with Gasteiger partial charge in [0.2, 0.25) is 15.9 Å². The van der Waals surface area contributed by atoms with E-state index in [1.165, 1.54) is 30.3 Å². The molecule has 0 saturated carbocycles. The maximum absolute atomic E-state index is 13.9. The van der Waals surface area contributed by atoms with Crippen LogP contribution in [-0.4, -0.2) is 25.2 Å². The quantitative estimate of drug-likeness (QED) is 0.466. The van der Waals surface area contributed by atoms with Crippen LogP contribution in [0.5, 0.6) is 0 Å². The van der Waals surface area contributed by atoms with Crippen LogP contribution in [0.1, 0.15) is 11.1 Å². The van der Waals surface area contributed by atoms with Crippen molar-refractivity contribution >= 4 is 15.9 Å². The molecule has 2 rings (SSSR count). The van der Waals surface area contributed by atoms with Crippen molar-refractivity contribution in [2.75, 3.05) is 6.54 Å². The van der Waals surface area contributed by atoms with Gasteiger partial charge in [-0.15, -0.1) is 0 Å². The molecule has 0 aliphatic heterocycles. The summed E-state index contributed by atoms with van der Waals surface area (Å²) in [6.07, 6.45) is 0. The van der Waals surface area contributed by atoms with E-state index in [2.05, 4.69) is 0 Å². The lowest BCUT2D eigenvalue weighted by atomic mass is 10.2. The zero-order valence-electron chi connectivity index (χ0n) is 13.1. The lowest BCUT2D eigenvalue weighted by Gasteiger charge is -2.22. The molecular formula is C16H18FN3O3S. The van der Waals surface area contributed by atoms with Gasteiger partial charge in [-0.1, -0.05) is 35.9 Å². The molecule has 2 aromatic carbocycles. The van der Waals surface area contributed by atoms with Gasteiger partial charge in [0.25, 0.3) is 0 Å². The minimum atomic E-state index is -3.99. The van der Waals surface area contributed by atoms with Gasteiger partial charge in [0, 0.05) is 12.1 Å². The summed E-state index contributed by atoms with van der Waals surface area (Å²) in [5.74, 6) is 3.81. The summed E-state index contributed by atoms with van der Waals surface area (Å²) >= 11 is 0. The van der Waals surface area contributed by atoms with Crippen molar-refractivity contribution in [1.82, 2.24) is 9.73 Å². The SMILES string of the molecule is Cc1ccc(S(=O)(=O)N(CC(=O)NN)Cc2ccccc2F)cc1. The number of amides is 1. The highest BCUT2D eigenvalue weighted by atomic mass is 32.2. The van der Waals surface area contributed by atoms with E-state index in [-0.39, 0.29) is 17.0 Å². The third kappa shape index (κ3) is 4.16. The lowest BCUT2D eigenvalue weighted by molar-refractivity contribution is -0.121. The summed E-state index contributed by atoms with van der Waals surface area (Å²) in [5.41, 5.74) is 2.95. The highest BCUT2D eigenvalue weighted by Crippen LogP contribution is 2.20. The lowest BCUT2D eigenvalue weighted by Crippen LogP contribution is -2.42. The Morgan fingerprint density at radius 3 is 2.38 bits per heavy atom. The van der Waals surface area contributed by atoms with E-state index in [1.807, 2.05) is 12.3 Å². The molecule has 0 unspecified atom stereocenters. The fourth-order valence-electron chi connectivity index (χ4n) is 2.11. The van der Waals surface area contributed by atoms with Crippen LogP contribution in [0.2, 0.25) is 0 Å². The molecular weight excluding hydrogens is 333 g/mol. The number of carbonyl (C=O) groups excluding carboxylic acids is 1. The number of hydrazine groups is 1. The number of nitrogens with two attached hydrogens (primary N) is 1. The molecule has 1 amide bonds. The highest BCUT2D eigenvalue weighted by molar-refractivity contribution is 7.89. The summed E-state index contributed by atoms with van der Waals surface area (Å²) in [6, 6.07) is 12.0. The molecule has 0 fully saturated rings. The number of aryl methyl sites for hydroxylation is 1. The van der Waals surface area contributed by atoms with E-state index < -0.39 is 28.3 Å². The van der Waals surface area contributed by atoms with E-state index in [0.717, 1.165) is 9.87 Å². The first-order chi connectivity index (χ1) is 11.3. The molecule has 128 valence electrons. The fourth-order valence-corrected chi connectivity index (χ4v) is 3.48. The molecule has 0 aromatic heterocycles. The van der Waals surface area contributed by atoms with Gasteiger partial charge in [-0.25, -0.2) is 18.7 Å². The molecule has 0 aliphatic rings. The normalized spacial score (nSPS) is 11.5.